The molecule has 0 aromatic carbocycles. The summed E-state index contributed by atoms with van der Waals surface area (Å²) in [6.07, 6.45) is -2.61. The lowest BCUT2D eigenvalue weighted by Crippen LogP contribution is -2.19. The highest BCUT2D eigenvalue weighted by molar-refractivity contribution is 6.01. The first-order valence-electron chi connectivity index (χ1n) is 8.54. The normalized spacial score (nSPS) is 11.6. The molecule has 0 spiro atoms. The van der Waals surface area contributed by atoms with Gasteiger partial charge in [-0.15, -0.1) is 0 Å². The average Bonchev–Trinajstić information content (AvgIpc) is 3.03. The molecule has 0 amide bonds. The van der Waals surface area contributed by atoms with Crippen molar-refractivity contribution >= 4 is 16.9 Å². The zero-order valence-electron chi connectivity index (χ0n) is 15.5. The average molecular weight is 410 g/mol. The Bertz CT molecular complexity index is 1050. The molecule has 0 radical (unpaired) electrons. The van der Waals surface area contributed by atoms with E-state index in [0.717, 1.165) is 0 Å². The number of aromatic nitrogens is 4. The number of rotatable bonds is 7. The van der Waals surface area contributed by atoms with Crippen molar-refractivity contribution in [2.24, 2.45) is 0 Å². The molecule has 3 aromatic rings. The Morgan fingerprint density at radius 3 is 2.66 bits per heavy atom. The zero-order chi connectivity index (χ0) is 21.2. The van der Waals surface area contributed by atoms with E-state index in [0.29, 0.717) is 28.6 Å². The molecule has 3 aromatic heterocycles. The van der Waals surface area contributed by atoms with Gasteiger partial charge < -0.3 is 14.6 Å². The molecule has 0 aliphatic heterocycles. The van der Waals surface area contributed by atoms with Crippen LogP contribution in [0.25, 0.3) is 10.9 Å². The second-order valence-electron chi connectivity index (χ2n) is 6.04. The Hall–Kier alpha value is -3.37. The monoisotopic (exact) mass is 410 g/mol. The lowest BCUT2D eigenvalue weighted by molar-refractivity contribution is -0.154. The minimum Gasteiger partial charge on any atom is -0.481 e. The summed E-state index contributed by atoms with van der Waals surface area (Å²) in [6, 6.07) is 4.45. The van der Waals surface area contributed by atoms with E-state index in [1.54, 1.807) is 10.7 Å². The van der Waals surface area contributed by atoms with Crippen molar-refractivity contribution in [2.45, 2.75) is 26.1 Å². The number of carboxylic acid groups (broad SMARTS) is 1. The topological polar surface area (TPSA) is 99.4 Å². The van der Waals surface area contributed by atoms with Gasteiger partial charge in [0.15, 0.2) is 12.3 Å². The largest absolute Gasteiger partial charge is 0.481 e. The van der Waals surface area contributed by atoms with Crippen LogP contribution in [0.3, 0.4) is 0 Å². The third kappa shape index (κ3) is 4.39. The smallest absolute Gasteiger partial charge is 0.422 e. The van der Waals surface area contributed by atoms with E-state index >= 15 is 0 Å². The maximum absolute atomic E-state index is 12.3. The molecule has 29 heavy (non-hydrogen) atoms. The van der Waals surface area contributed by atoms with Crippen LogP contribution in [0.2, 0.25) is 0 Å². The van der Waals surface area contributed by atoms with Gasteiger partial charge in [-0.05, 0) is 18.6 Å². The van der Waals surface area contributed by atoms with Crippen LogP contribution < -0.4 is 9.47 Å². The van der Waals surface area contributed by atoms with E-state index in [1.165, 1.54) is 25.4 Å². The van der Waals surface area contributed by atoms with Gasteiger partial charge in [-0.3, -0.25) is 4.68 Å². The van der Waals surface area contributed by atoms with Crippen molar-refractivity contribution in [3.05, 3.63) is 41.3 Å². The Morgan fingerprint density at radius 1 is 1.28 bits per heavy atom. The number of ether oxygens (including phenoxy) is 2. The minimum atomic E-state index is -4.48. The van der Waals surface area contributed by atoms with Gasteiger partial charge in [-0.1, -0.05) is 6.92 Å². The first-order chi connectivity index (χ1) is 13.7. The number of nitrogens with zero attached hydrogens (tertiary/aromatic N) is 4. The predicted octanol–water partition coefficient (Wildman–Crippen LogP) is 3.08. The summed E-state index contributed by atoms with van der Waals surface area (Å²) in [5.74, 6) is -1.29. The lowest BCUT2D eigenvalue weighted by Gasteiger charge is -2.13. The number of methoxy groups -OCH3 is 1. The van der Waals surface area contributed by atoms with Crippen molar-refractivity contribution in [3.8, 4) is 11.8 Å². The standard InChI is InChI=1S/C18H17F3N4O4/c1-3-12-14-11(6-7-22-15(14)17(26)27)24-25(12)8-10-4-5-13(23-16(10)28-2)29-9-18(19,20)21/h4-7H,3,8-9H2,1-2H3,(H,26,27). The van der Waals surface area contributed by atoms with Crippen LogP contribution >= 0.6 is 0 Å². The Morgan fingerprint density at radius 2 is 2.03 bits per heavy atom. The quantitative estimate of drug-likeness (QED) is 0.639. The van der Waals surface area contributed by atoms with Crippen molar-refractivity contribution in [3.63, 3.8) is 0 Å². The van der Waals surface area contributed by atoms with Gasteiger partial charge in [0, 0.05) is 23.5 Å². The molecule has 11 heteroatoms. The number of aromatic carboxylic acids is 1. The Kier molecular flexibility index (Phi) is 5.57. The van der Waals surface area contributed by atoms with Crippen molar-refractivity contribution < 1.29 is 32.5 Å². The van der Waals surface area contributed by atoms with Crippen LogP contribution in [0.4, 0.5) is 13.2 Å². The molecule has 1 N–H and O–H groups in total. The fraction of sp³-hybridized carbons (Fsp3) is 0.333. The highest BCUT2D eigenvalue weighted by Gasteiger charge is 2.29. The summed E-state index contributed by atoms with van der Waals surface area (Å²) in [6.45, 7) is 0.569. The number of carboxylic acids is 1. The van der Waals surface area contributed by atoms with E-state index in [9.17, 15) is 23.1 Å². The zero-order valence-corrected chi connectivity index (χ0v) is 15.5. The summed E-state index contributed by atoms with van der Waals surface area (Å²) in [7, 11) is 1.34. The van der Waals surface area contributed by atoms with Crippen LogP contribution in [-0.4, -0.2) is 50.7 Å². The number of carbonyl (C=O) groups is 1. The van der Waals surface area contributed by atoms with Gasteiger partial charge in [0.25, 0.3) is 0 Å². The molecule has 0 saturated heterocycles. The van der Waals surface area contributed by atoms with Gasteiger partial charge in [0.1, 0.15) is 0 Å². The molecule has 0 fully saturated rings. The molecule has 0 unspecified atom stereocenters. The van der Waals surface area contributed by atoms with Crippen LogP contribution in [0.15, 0.2) is 24.4 Å². The van der Waals surface area contributed by atoms with Crippen LogP contribution in [0.5, 0.6) is 11.8 Å². The molecule has 0 bridgehead atoms. The molecule has 3 rings (SSSR count). The Labute approximate surface area is 162 Å². The number of hydrogen-bond donors (Lipinski definition) is 1. The summed E-state index contributed by atoms with van der Waals surface area (Å²) in [5, 5.41) is 14.3. The van der Waals surface area contributed by atoms with Crippen LogP contribution in [-0.2, 0) is 13.0 Å². The number of hydrogen-bond acceptors (Lipinski definition) is 6. The summed E-state index contributed by atoms with van der Waals surface area (Å²) < 4.78 is 48.4. The molecule has 0 saturated carbocycles. The second kappa shape index (κ2) is 7.94. The molecule has 3 heterocycles. The molecule has 154 valence electrons. The van der Waals surface area contributed by atoms with Crippen molar-refractivity contribution in [1.82, 2.24) is 19.7 Å². The van der Waals surface area contributed by atoms with Crippen molar-refractivity contribution in [2.75, 3.05) is 13.7 Å². The van der Waals surface area contributed by atoms with Crippen LogP contribution in [0.1, 0.15) is 28.7 Å². The number of halogens is 3. The van der Waals surface area contributed by atoms with Crippen LogP contribution in [0, 0.1) is 0 Å². The fourth-order valence-corrected chi connectivity index (χ4v) is 2.94. The number of aryl methyl sites for hydroxylation is 1. The highest BCUT2D eigenvalue weighted by Crippen LogP contribution is 2.26. The first-order valence-corrected chi connectivity index (χ1v) is 8.54. The van der Waals surface area contributed by atoms with E-state index < -0.39 is 18.8 Å². The van der Waals surface area contributed by atoms with Gasteiger partial charge in [0.05, 0.1) is 24.6 Å². The lowest BCUT2D eigenvalue weighted by atomic mass is 10.1. The predicted molar refractivity (Wildman–Crippen MR) is 95.3 cm³/mol. The second-order valence-corrected chi connectivity index (χ2v) is 6.04. The minimum absolute atomic E-state index is 0.0860. The maximum Gasteiger partial charge on any atom is 0.422 e. The summed E-state index contributed by atoms with van der Waals surface area (Å²) >= 11 is 0. The SMILES string of the molecule is CCc1c2c(C(=O)O)nccc2nn1Cc1ccc(OCC(F)(F)F)nc1OC. The van der Waals surface area contributed by atoms with Gasteiger partial charge >= 0.3 is 12.1 Å². The molecule has 0 atom stereocenters. The maximum atomic E-state index is 12.3. The van der Waals surface area contributed by atoms with E-state index in [2.05, 4.69) is 19.8 Å². The fourth-order valence-electron chi connectivity index (χ4n) is 2.94. The van der Waals surface area contributed by atoms with Gasteiger partial charge in [-0.25, -0.2) is 9.78 Å². The summed E-state index contributed by atoms with van der Waals surface area (Å²) in [4.78, 5) is 19.4. The van der Waals surface area contributed by atoms with E-state index in [-0.39, 0.29) is 24.0 Å². The molecule has 8 nitrogen and oxygen atoms in total. The number of pyridine rings is 2. The van der Waals surface area contributed by atoms with Gasteiger partial charge in [-0.2, -0.15) is 23.3 Å². The van der Waals surface area contributed by atoms with Gasteiger partial charge in [0.2, 0.25) is 11.8 Å². The van der Waals surface area contributed by atoms with Crippen molar-refractivity contribution in [1.29, 1.82) is 0 Å². The molecular weight excluding hydrogens is 393 g/mol. The molecule has 0 aliphatic carbocycles. The third-order valence-corrected chi connectivity index (χ3v) is 4.11. The molecular formula is C18H17F3N4O4. The Balaban J connectivity index is 1.96. The number of fused-ring (bicyclic) bond motifs is 1. The number of alkyl halides is 3. The molecule has 0 aliphatic rings. The first kappa shape index (κ1) is 20.4. The highest BCUT2D eigenvalue weighted by atomic mass is 19.4. The van der Waals surface area contributed by atoms with E-state index in [1.807, 2.05) is 6.92 Å². The third-order valence-electron chi connectivity index (χ3n) is 4.11. The van der Waals surface area contributed by atoms with E-state index in [4.69, 9.17) is 4.74 Å². The summed E-state index contributed by atoms with van der Waals surface area (Å²) in [5.41, 5.74) is 1.59.